The second-order valence-electron chi connectivity index (χ2n) is 4.60. The van der Waals surface area contributed by atoms with Gasteiger partial charge in [-0.15, -0.1) is 0 Å². The van der Waals surface area contributed by atoms with Gasteiger partial charge in [0, 0.05) is 24.1 Å². The summed E-state index contributed by atoms with van der Waals surface area (Å²) in [6.07, 6.45) is 0. The standard InChI is InChI=1S/C13H17BrN2O2/c1-9-7-16(11-6-4-3-5-10(11)14)12(8-17)13(18)15(9)2/h3-6,9,12,17H,7-8H2,1-2H3. The number of likely N-dealkylation sites (N-methyl/N-ethyl adjacent to an activating group) is 1. The number of benzene rings is 1. The number of aliphatic hydroxyl groups is 1. The van der Waals surface area contributed by atoms with Gasteiger partial charge in [0.1, 0.15) is 6.04 Å². The third-order valence-electron chi connectivity index (χ3n) is 3.47. The van der Waals surface area contributed by atoms with Gasteiger partial charge in [-0.3, -0.25) is 4.79 Å². The van der Waals surface area contributed by atoms with E-state index in [0.717, 1.165) is 16.7 Å². The lowest BCUT2D eigenvalue weighted by molar-refractivity contribution is -0.136. The molecule has 4 nitrogen and oxygen atoms in total. The van der Waals surface area contributed by atoms with Crippen LogP contribution >= 0.6 is 15.9 Å². The molecule has 1 N–H and O–H groups in total. The number of hydrogen-bond acceptors (Lipinski definition) is 3. The van der Waals surface area contributed by atoms with Gasteiger partial charge in [-0.1, -0.05) is 12.1 Å². The Labute approximate surface area is 115 Å². The lowest BCUT2D eigenvalue weighted by Crippen LogP contribution is -2.61. The Balaban J connectivity index is 2.37. The van der Waals surface area contributed by atoms with Crippen molar-refractivity contribution in [2.24, 2.45) is 0 Å². The molecule has 2 atom stereocenters. The van der Waals surface area contributed by atoms with E-state index in [4.69, 9.17) is 0 Å². The van der Waals surface area contributed by atoms with Gasteiger partial charge in [0.05, 0.1) is 12.3 Å². The number of halogens is 1. The van der Waals surface area contributed by atoms with E-state index in [1.54, 1.807) is 11.9 Å². The molecule has 1 amide bonds. The van der Waals surface area contributed by atoms with E-state index in [1.807, 2.05) is 36.1 Å². The average Bonchev–Trinajstić information content (AvgIpc) is 2.36. The van der Waals surface area contributed by atoms with E-state index in [2.05, 4.69) is 15.9 Å². The van der Waals surface area contributed by atoms with Crippen molar-refractivity contribution >= 4 is 27.5 Å². The van der Waals surface area contributed by atoms with Gasteiger partial charge in [0.15, 0.2) is 0 Å². The van der Waals surface area contributed by atoms with Crippen molar-refractivity contribution < 1.29 is 9.90 Å². The summed E-state index contributed by atoms with van der Waals surface area (Å²) in [6, 6.07) is 7.40. The van der Waals surface area contributed by atoms with Crippen LogP contribution in [0.1, 0.15) is 6.92 Å². The topological polar surface area (TPSA) is 43.8 Å². The summed E-state index contributed by atoms with van der Waals surface area (Å²) in [7, 11) is 1.78. The summed E-state index contributed by atoms with van der Waals surface area (Å²) < 4.78 is 0.938. The molecule has 0 radical (unpaired) electrons. The first-order valence-corrected chi connectivity index (χ1v) is 6.74. The highest BCUT2D eigenvalue weighted by Crippen LogP contribution is 2.30. The molecule has 0 aliphatic carbocycles. The molecular weight excluding hydrogens is 296 g/mol. The minimum Gasteiger partial charge on any atom is -0.394 e. The zero-order valence-corrected chi connectivity index (χ0v) is 12.1. The predicted octanol–water partition coefficient (Wildman–Crippen LogP) is 1.48. The monoisotopic (exact) mass is 312 g/mol. The highest BCUT2D eigenvalue weighted by molar-refractivity contribution is 9.10. The first-order valence-electron chi connectivity index (χ1n) is 5.95. The van der Waals surface area contributed by atoms with Crippen LogP contribution in [0.15, 0.2) is 28.7 Å². The highest BCUT2D eigenvalue weighted by atomic mass is 79.9. The van der Waals surface area contributed by atoms with Crippen LogP contribution in [0.5, 0.6) is 0 Å². The highest BCUT2D eigenvalue weighted by Gasteiger charge is 2.36. The molecule has 1 aromatic rings. The van der Waals surface area contributed by atoms with Crippen molar-refractivity contribution in [2.45, 2.75) is 19.0 Å². The number of amides is 1. The summed E-state index contributed by atoms with van der Waals surface area (Å²) in [5.41, 5.74) is 0.949. The van der Waals surface area contributed by atoms with Gasteiger partial charge in [-0.2, -0.15) is 0 Å². The van der Waals surface area contributed by atoms with Crippen molar-refractivity contribution in [3.63, 3.8) is 0 Å². The number of anilines is 1. The molecule has 0 spiro atoms. The Kier molecular flexibility index (Phi) is 3.92. The van der Waals surface area contributed by atoms with Gasteiger partial charge in [-0.05, 0) is 35.0 Å². The molecule has 2 unspecified atom stereocenters. The fraction of sp³-hybridized carbons (Fsp3) is 0.462. The molecule has 1 fully saturated rings. The van der Waals surface area contributed by atoms with Crippen molar-refractivity contribution in [1.82, 2.24) is 4.90 Å². The van der Waals surface area contributed by atoms with E-state index in [9.17, 15) is 9.90 Å². The second kappa shape index (κ2) is 5.28. The number of rotatable bonds is 2. The van der Waals surface area contributed by atoms with E-state index in [1.165, 1.54) is 0 Å². The fourth-order valence-corrected chi connectivity index (χ4v) is 2.76. The fourth-order valence-electron chi connectivity index (χ4n) is 2.25. The normalized spacial score (nSPS) is 24.6. The van der Waals surface area contributed by atoms with E-state index < -0.39 is 6.04 Å². The Hall–Kier alpha value is -1.07. The molecule has 1 saturated heterocycles. The summed E-state index contributed by atoms with van der Waals surface area (Å²) in [5.74, 6) is -0.0352. The van der Waals surface area contributed by atoms with E-state index in [-0.39, 0.29) is 18.6 Å². The third kappa shape index (κ3) is 2.24. The predicted molar refractivity (Wildman–Crippen MR) is 74.6 cm³/mol. The molecule has 0 aromatic heterocycles. The minimum absolute atomic E-state index is 0.0352. The number of hydrogen-bond donors (Lipinski definition) is 1. The lowest BCUT2D eigenvalue weighted by Gasteiger charge is -2.43. The number of carbonyl (C=O) groups excluding carboxylic acids is 1. The smallest absolute Gasteiger partial charge is 0.247 e. The number of aliphatic hydroxyl groups excluding tert-OH is 1. The van der Waals surface area contributed by atoms with Crippen LogP contribution in [-0.2, 0) is 4.79 Å². The van der Waals surface area contributed by atoms with Gasteiger partial charge < -0.3 is 14.9 Å². The molecule has 1 aliphatic rings. The van der Waals surface area contributed by atoms with E-state index >= 15 is 0 Å². The number of para-hydroxylation sites is 1. The Morgan fingerprint density at radius 3 is 2.72 bits per heavy atom. The van der Waals surface area contributed by atoms with Gasteiger partial charge in [-0.25, -0.2) is 0 Å². The first-order chi connectivity index (χ1) is 8.56. The zero-order valence-electron chi connectivity index (χ0n) is 10.5. The van der Waals surface area contributed by atoms with Crippen molar-refractivity contribution in [3.8, 4) is 0 Å². The third-order valence-corrected chi connectivity index (χ3v) is 4.14. The maximum atomic E-state index is 12.2. The van der Waals surface area contributed by atoms with Crippen LogP contribution < -0.4 is 4.90 Å². The molecular formula is C13H17BrN2O2. The van der Waals surface area contributed by atoms with Gasteiger partial charge in [0.2, 0.25) is 5.91 Å². The molecule has 1 aromatic carbocycles. The lowest BCUT2D eigenvalue weighted by atomic mass is 10.1. The summed E-state index contributed by atoms with van der Waals surface area (Å²) in [4.78, 5) is 15.8. The molecule has 98 valence electrons. The molecule has 1 heterocycles. The Bertz CT molecular complexity index is 452. The van der Waals surface area contributed by atoms with Crippen LogP contribution in [0.2, 0.25) is 0 Å². The Morgan fingerprint density at radius 2 is 2.11 bits per heavy atom. The minimum atomic E-state index is -0.495. The van der Waals surface area contributed by atoms with Crippen molar-refractivity contribution in [3.05, 3.63) is 28.7 Å². The van der Waals surface area contributed by atoms with Crippen molar-refractivity contribution in [2.75, 3.05) is 25.1 Å². The molecule has 2 rings (SSSR count). The Morgan fingerprint density at radius 1 is 1.44 bits per heavy atom. The zero-order chi connectivity index (χ0) is 13.3. The largest absolute Gasteiger partial charge is 0.394 e. The summed E-state index contributed by atoms with van der Waals surface area (Å²) >= 11 is 3.50. The summed E-state index contributed by atoms with van der Waals surface area (Å²) in [6.45, 7) is 2.56. The molecule has 18 heavy (non-hydrogen) atoms. The molecule has 0 saturated carbocycles. The maximum absolute atomic E-state index is 12.2. The van der Waals surface area contributed by atoms with Gasteiger partial charge in [0.25, 0.3) is 0 Å². The number of piperazine rings is 1. The van der Waals surface area contributed by atoms with E-state index in [0.29, 0.717) is 0 Å². The van der Waals surface area contributed by atoms with Crippen LogP contribution in [0.4, 0.5) is 5.69 Å². The van der Waals surface area contributed by atoms with Crippen LogP contribution in [0, 0.1) is 0 Å². The van der Waals surface area contributed by atoms with Gasteiger partial charge >= 0.3 is 0 Å². The summed E-state index contributed by atoms with van der Waals surface area (Å²) in [5, 5.41) is 9.48. The molecule has 0 bridgehead atoms. The quantitative estimate of drug-likeness (QED) is 0.899. The second-order valence-corrected chi connectivity index (χ2v) is 5.45. The molecule has 5 heteroatoms. The maximum Gasteiger partial charge on any atom is 0.247 e. The average molecular weight is 313 g/mol. The van der Waals surface area contributed by atoms with Crippen LogP contribution in [-0.4, -0.2) is 48.2 Å². The number of nitrogens with zero attached hydrogens (tertiary/aromatic N) is 2. The molecule has 1 aliphatic heterocycles. The first kappa shape index (κ1) is 13.4. The van der Waals surface area contributed by atoms with Crippen molar-refractivity contribution in [1.29, 1.82) is 0 Å². The van der Waals surface area contributed by atoms with Crippen LogP contribution in [0.3, 0.4) is 0 Å². The number of carbonyl (C=O) groups is 1. The van der Waals surface area contributed by atoms with Crippen LogP contribution in [0.25, 0.3) is 0 Å². The SMILES string of the molecule is CC1CN(c2ccccc2Br)C(CO)C(=O)N1C.